The van der Waals surface area contributed by atoms with Crippen LogP contribution in [-0.2, 0) is 0 Å². The highest BCUT2D eigenvalue weighted by Gasteiger charge is 2.15. The van der Waals surface area contributed by atoms with Crippen molar-refractivity contribution in [1.82, 2.24) is 0 Å². The zero-order chi connectivity index (χ0) is 11.4. The number of ether oxygens (including phenoxy) is 1. The van der Waals surface area contributed by atoms with E-state index < -0.39 is 0 Å². The van der Waals surface area contributed by atoms with Crippen LogP contribution in [0, 0.1) is 0 Å². The lowest BCUT2D eigenvalue weighted by molar-refractivity contribution is 0.100. The summed E-state index contributed by atoms with van der Waals surface area (Å²) in [6.45, 7) is 3.78. The molecule has 0 aliphatic carbocycles. The molecule has 1 aromatic carbocycles. The van der Waals surface area contributed by atoms with Gasteiger partial charge in [-0.25, -0.2) is 0 Å². The Morgan fingerprint density at radius 2 is 2.20 bits per heavy atom. The summed E-state index contributed by atoms with van der Waals surface area (Å²) in [7, 11) is 0. The first kappa shape index (κ1) is 11.9. The number of rotatable bonds is 4. The van der Waals surface area contributed by atoms with Crippen LogP contribution in [0.1, 0.15) is 34.6 Å². The Morgan fingerprint density at radius 3 is 2.67 bits per heavy atom. The van der Waals surface area contributed by atoms with Crippen LogP contribution in [-0.4, -0.2) is 18.7 Å². The van der Waals surface area contributed by atoms with Gasteiger partial charge in [-0.15, -0.1) is 0 Å². The molecule has 0 amide bonds. The molecule has 3 nitrogen and oxygen atoms in total. The van der Waals surface area contributed by atoms with Crippen LogP contribution in [0.25, 0.3) is 0 Å². The SMILES string of the molecule is CCOc1ccc(C=O)c(C(C)=O)c1Br. The second-order valence-corrected chi connectivity index (χ2v) is 3.74. The molecule has 1 rings (SSSR count). The van der Waals surface area contributed by atoms with Gasteiger partial charge < -0.3 is 4.74 Å². The first-order valence-corrected chi connectivity index (χ1v) is 5.32. The van der Waals surface area contributed by atoms with Crippen LogP contribution in [0.15, 0.2) is 16.6 Å². The van der Waals surface area contributed by atoms with Gasteiger partial charge in [-0.3, -0.25) is 9.59 Å². The standard InChI is InChI=1S/C11H11BrO3/c1-3-15-9-5-4-8(6-13)10(7(2)14)11(9)12/h4-6H,3H2,1-2H3. The van der Waals surface area contributed by atoms with E-state index >= 15 is 0 Å². The number of ketones is 1. The number of hydrogen-bond donors (Lipinski definition) is 0. The van der Waals surface area contributed by atoms with Crippen LogP contribution in [0.2, 0.25) is 0 Å². The third-order valence-electron chi connectivity index (χ3n) is 1.92. The Labute approximate surface area is 96.6 Å². The maximum Gasteiger partial charge on any atom is 0.161 e. The molecule has 0 saturated carbocycles. The van der Waals surface area contributed by atoms with Crippen molar-refractivity contribution in [1.29, 1.82) is 0 Å². The molecule has 4 heteroatoms. The molecule has 0 aliphatic heterocycles. The fraction of sp³-hybridized carbons (Fsp3) is 0.273. The lowest BCUT2D eigenvalue weighted by atomic mass is 10.1. The van der Waals surface area contributed by atoms with Crippen LogP contribution in [0.4, 0.5) is 0 Å². The molecule has 0 aliphatic rings. The average Bonchev–Trinajstić information content (AvgIpc) is 2.20. The molecule has 0 N–H and O–H groups in total. The maximum atomic E-state index is 11.4. The summed E-state index contributed by atoms with van der Waals surface area (Å²) in [5.74, 6) is 0.416. The van der Waals surface area contributed by atoms with Gasteiger partial charge in [0.05, 0.1) is 11.1 Å². The van der Waals surface area contributed by atoms with Gasteiger partial charge in [-0.05, 0) is 41.9 Å². The number of hydrogen-bond acceptors (Lipinski definition) is 3. The van der Waals surface area contributed by atoms with Gasteiger partial charge in [0.2, 0.25) is 0 Å². The zero-order valence-electron chi connectivity index (χ0n) is 8.54. The summed E-state index contributed by atoms with van der Waals surface area (Å²) in [5, 5.41) is 0. The first-order valence-electron chi connectivity index (χ1n) is 4.53. The van der Waals surface area contributed by atoms with E-state index in [4.69, 9.17) is 4.74 Å². The molecule has 15 heavy (non-hydrogen) atoms. The average molecular weight is 271 g/mol. The van der Waals surface area contributed by atoms with Gasteiger partial charge in [-0.2, -0.15) is 0 Å². The predicted octanol–water partition coefficient (Wildman–Crippen LogP) is 2.86. The quantitative estimate of drug-likeness (QED) is 0.624. The number of Topliss-reactive ketones (excluding diaryl/α,β-unsaturated/α-hetero) is 1. The topological polar surface area (TPSA) is 43.4 Å². The van der Waals surface area contributed by atoms with Crippen LogP contribution >= 0.6 is 15.9 Å². The predicted molar refractivity (Wildman–Crippen MR) is 60.7 cm³/mol. The number of benzene rings is 1. The van der Waals surface area contributed by atoms with Crippen molar-refractivity contribution in [3.05, 3.63) is 27.7 Å². The van der Waals surface area contributed by atoms with Gasteiger partial charge in [-0.1, -0.05) is 0 Å². The minimum absolute atomic E-state index is 0.162. The molecule has 0 radical (unpaired) electrons. The molecule has 0 fully saturated rings. The largest absolute Gasteiger partial charge is 0.493 e. The highest BCUT2D eigenvalue weighted by Crippen LogP contribution is 2.31. The van der Waals surface area contributed by atoms with Gasteiger partial charge in [0.1, 0.15) is 5.75 Å². The summed E-state index contributed by atoms with van der Waals surface area (Å²) < 4.78 is 5.85. The summed E-state index contributed by atoms with van der Waals surface area (Å²) in [5.41, 5.74) is 0.744. The van der Waals surface area contributed by atoms with E-state index in [2.05, 4.69) is 15.9 Å². The van der Waals surface area contributed by atoms with E-state index in [1.165, 1.54) is 6.92 Å². The Morgan fingerprint density at radius 1 is 1.53 bits per heavy atom. The number of carbonyl (C=O) groups is 2. The fourth-order valence-corrected chi connectivity index (χ4v) is 2.05. The van der Waals surface area contributed by atoms with Crippen molar-refractivity contribution in [3.8, 4) is 5.75 Å². The Kier molecular flexibility index (Phi) is 4.03. The third kappa shape index (κ3) is 2.45. The van der Waals surface area contributed by atoms with E-state index in [0.29, 0.717) is 34.2 Å². The minimum Gasteiger partial charge on any atom is -0.493 e. The summed E-state index contributed by atoms with van der Waals surface area (Å²) in [6, 6.07) is 3.25. The molecule has 1 aromatic rings. The Bertz CT molecular complexity index is 399. The monoisotopic (exact) mass is 270 g/mol. The maximum absolute atomic E-state index is 11.4. The van der Waals surface area contributed by atoms with Crippen molar-refractivity contribution in [3.63, 3.8) is 0 Å². The highest BCUT2D eigenvalue weighted by atomic mass is 79.9. The lowest BCUT2D eigenvalue weighted by Crippen LogP contribution is -2.03. The minimum atomic E-state index is -0.162. The normalized spacial score (nSPS) is 9.80. The zero-order valence-corrected chi connectivity index (χ0v) is 10.1. The Balaban J connectivity index is 3.35. The molecule has 80 valence electrons. The van der Waals surface area contributed by atoms with Gasteiger partial charge in [0.25, 0.3) is 0 Å². The van der Waals surface area contributed by atoms with Gasteiger partial charge in [0, 0.05) is 11.1 Å². The van der Waals surface area contributed by atoms with Crippen molar-refractivity contribution in [2.45, 2.75) is 13.8 Å². The molecular weight excluding hydrogens is 260 g/mol. The van der Waals surface area contributed by atoms with Gasteiger partial charge >= 0.3 is 0 Å². The smallest absolute Gasteiger partial charge is 0.161 e. The number of carbonyl (C=O) groups excluding carboxylic acids is 2. The molecule has 0 spiro atoms. The first-order chi connectivity index (χ1) is 7.11. The van der Waals surface area contributed by atoms with E-state index in [1.54, 1.807) is 12.1 Å². The third-order valence-corrected chi connectivity index (χ3v) is 2.70. The highest BCUT2D eigenvalue weighted by molar-refractivity contribution is 9.10. The van der Waals surface area contributed by atoms with E-state index in [0.717, 1.165) is 0 Å². The molecule has 0 heterocycles. The molecule has 0 aromatic heterocycles. The Hall–Kier alpha value is -1.16. The number of aldehydes is 1. The second kappa shape index (κ2) is 5.07. The second-order valence-electron chi connectivity index (χ2n) is 2.95. The van der Waals surface area contributed by atoms with Crippen molar-refractivity contribution >= 4 is 28.0 Å². The molecule has 0 atom stereocenters. The summed E-state index contributed by atoms with van der Waals surface area (Å²) in [4.78, 5) is 22.1. The summed E-state index contributed by atoms with van der Waals surface area (Å²) in [6.07, 6.45) is 0.664. The van der Waals surface area contributed by atoms with Crippen LogP contribution < -0.4 is 4.74 Å². The van der Waals surface area contributed by atoms with Crippen molar-refractivity contribution in [2.75, 3.05) is 6.61 Å². The van der Waals surface area contributed by atoms with E-state index in [1.807, 2.05) is 6.92 Å². The van der Waals surface area contributed by atoms with Crippen molar-refractivity contribution in [2.24, 2.45) is 0 Å². The van der Waals surface area contributed by atoms with Crippen LogP contribution in [0.5, 0.6) is 5.75 Å². The van der Waals surface area contributed by atoms with Gasteiger partial charge in [0.15, 0.2) is 12.1 Å². The van der Waals surface area contributed by atoms with Crippen molar-refractivity contribution < 1.29 is 14.3 Å². The molecule has 0 saturated heterocycles. The van der Waals surface area contributed by atoms with E-state index in [9.17, 15) is 9.59 Å². The summed E-state index contributed by atoms with van der Waals surface area (Å²) >= 11 is 3.27. The number of halogens is 1. The molecule has 0 bridgehead atoms. The molecule has 0 unspecified atom stereocenters. The van der Waals surface area contributed by atoms with E-state index in [-0.39, 0.29) is 5.78 Å². The van der Waals surface area contributed by atoms with Crippen LogP contribution in [0.3, 0.4) is 0 Å². The lowest BCUT2D eigenvalue weighted by Gasteiger charge is -2.10. The molecular formula is C11H11BrO3. The fourth-order valence-electron chi connectivity index (χ4n) is 1.29.